The first-order valence-electron chi connectivity index (χ1n) is 8.95. The third-order valence-corrected chi connectivity index (χ3v) is 4.37. The maximum Gasteiger partial charge on any atom is 0.788 e. The number of rotatable bonds is 6. The molecule has 134 valence electrons. The molecule has 1 aromatic rings. The van der Waals surface area contributed by atoms with Crippen LogP contribution in [0.5, 0.6) is 11.5 Å². The van der Waals surface area contributed by atoms with Crippen LogP contribution in [-0.2, 0) is 10.1 Å². The van der Waals surface area contributed by atoms with Gasteiger partial charge in [0.2, 0.25) is 0 Å². The number of benzene rings is 1. The number of hydrogen-bond donors (Lipinski definition) is 0. The molecule has 0 bridgehead atoms. The molecule has 0 unspecified atom stereocenters. The summed E-state index contributed by atoms with van der Waals surface area (Å²) in [4.78, 5) is 2.40. The maximum atomic E-state index is 5.96. The second-order valence-corrected chi connectivity index (χ2v) is 8.21. The minimum Gasteiger partial charge on any atom is -0.498 e. The first kappa shape index (κ1) is 19.1. The van der Waals surface area contributed by atoms with Crippen molar-refractivity contribution in [3.8, 4) is 11.5 Å². The van der Waals surface area contributed by atoms with Gasteiger partial charge in [-0.2, -0.15) is 0 Å². The van der Waals surface area contributed by atoms with Gasteiger partial charge in [0.1, 0.15) is 11.5 Å². The summed E-state index contributed by atoms with van der Waals surface area (Å²) in [6.07, 6.45) is 0. The standard InChI is InChI=1S/C19H32BNO3/c1-13(2)21(14(3)4)9-10-22-20-23-17-12-15(5)11-16(18(17)24-20)19(6,7)8/h11-14H,9-10H2,1-8H3. The van der Waals surface area contributed by atoms with Crippen molar-refractivity contribution in [2.24, 2.45) is 0 Å². The van der Waals surface area contributed by atoms with Crippen LogP contribution >= 0.6 is 0 Å². The van der Waals surface area contributed by atoms with Gasteiger partial charge in [0.05, 0.1) is 0 Å². The predicted octanol–water partition coefficient (Wildman–Crippen LogP) is 4.18. The highest BCUT2D eigenvalue weighted by Crippen LogP contribution is 2.43. The van der Waals surface area contributed by atoms with E-state index in [4.69, 9.17) is 14.0 Å². The van der Waals surface area contributed by atoms with Crippen molar-refractivity contribution in [3.05, 3.63) is 23.3 Å². The van der Waals surface area contributed by atoms with Gasteiger partial charge in [-0.3, -0.25) is 4.90 Å². The zero-order valence-corrected chi connectivity index (χ0v) is 16.5. The highest BCUT2D eigenvalue weighted by Gasteiger charge is 2.39. The van der Waals surface area contributed by atoms with Gasteiger partial charge in [0.25, 0.3) is 0 Å². The van der Waals surface area contributed by atoms with E-state index in [2.05, 4.69) is 66.4 Å². The van der Waals surface area contributed by atoms with Crippen molar-refractivity contribution in [2.45, 2.75) is 72.9 Å². The first-order valence-corrected chi connectivity index (χ1v) is 8.95. The van der Waals surface area contributed by atoms with Gasteiger partial charge in [0, 0.05) is 30.8 Å². The molecule has 0 amide bonds. The van der Waals surface area contributed by atoms with Crippen LogP contribution in [0.15, 0.2) is 12.1 Å². The Morgan fingerprint density at radius 3 is 2.25 bits per heavy atom. The maximum absolute atomic E-state index is 5.96. The highest BCUT2D eigenvalue weighted by molar-refractivity contribution is 6.40. The van der Waals surface area contributed by atoms with Crippen LogP contribution in [-0.4, -0.2) is 37.5 Å². The van der Waals surface area contributed by atoms with Crippen molar-refractivity contribution in [3.63, 3.8) is 0 Å². The molecule has 24 heavy (non-hydrogen) atoms. The van der Waals surface area contributed by atoms with E-state index in [1.54, 1.807) is 0 Å². The Bertz CT molecular complexity index is 558. The van der Waals surface area contributed by atoms with E-state index in [1.165, 1.54) is 5.56 Å². The summed E-state index contributed by atoms with van der Waals surface area (Å²) >= 11 is 0. The third-order valence-electron chi connectivity index (χ3n) is 4.37. The van der Waals surface area contributed by atoms with Gasteiger partial charge in [-0.05, 0) is 51.7 Å². The Labute approximate surface area is 147 Å². The molecule has 0 aliphatic carbocycles. The molecule has 5 heteroatoms. The minimum absolute atomic E-state index is 0.000434. The summed E-state index contributed by atoms with van der Waals surface area (Å²) in [6.45, 7) is 18.9. The van der Waals surface area contributed by atoms with Crippen LogP contribution in [0.4, 0.5) is 0 Å². The lowest BCUT2D eigenvalue weighted by Gasteiger charge is -2.30. The second kappa shape index (κ2) is 7.36. The summed E-state index contributed by atoms with van der Waals surface area (Å²) in [6, 6.07) is 5.17. The van der Waals surface area contributed by atoms with Crippen LogP contribution in [0.1, 0.15) is 59.6 Å². The highest BCUT2D eigenvalue weighted by atomic mass is 16.8. The molecule has 1 heterocycles. The molecule has 1 aromatic carbocycles. The zero-order chi connectivity index (χ0) is 18.1. The lowest BCUT2D eigenvalue weighted by atomic mass is 9.85. The molecule has 0 saturated heterocycles. The Balaban J connectivity index is 2.00. The van der Waals surface area contributed by atoms with Crippen LogP contribution < -0.4 is 9.31 Å². The summed E-state index contributed by atoms with van der Waals surface area (Å²) in [5, 5.41) is 0. The van der Waals surface area contributed by atoms with E-state index < -0.39 is 7.32 Å². The van der Waals surface area contributed by atoms with Crippen LogP contribution in [0.2, 0.25) is 0 Å². The lowest BCUT2D eigenvalue weighted by Crippen LogP contribution is -2.41. The average molecular weight is 333 g/mol. The van der Waals surface area contributed by atoms with Crippen molar-refractivity contribution < 1.29 is 14.0 Å². The average Bonchev–Trinajstić information content (AvgIpc) is 2.82. The van der Waals surface area contributed by atoms with E-state index in [-0.39, 0.29) is 5.41 Å². The molecule has 0 atom stereocenters. The predicted molar refractivity (Wildman–Crippen MR) is 99.8 cm³/mol. The van der Waals surface area contributed by atoms with Crippen molar-refractivity contribution >= 4 is 7.32 Å². The smallest absolute Gasteiger partial charge is 0.498 e. The van der Waals surface area contributed by atoms with Gasteiger partial charge in [-0.25, -0.2) is 0 Å². The molecule has 1 aliphatic heterocycles. The minimum atomic E-state index is -0.649. The van der Waals surface area contributed by atoms with Gasteiger partial charge >= 0.3 is 7.32 Å². The Morgan fingerprint density at radius 2 is 1.71 bits per heavy atom. The molecule has 0 N–H and O–H groups in total. The SMILES string of the molecule is Cc1cc2c(c(C(C)(C)C)c1)OB(OCCN(C(C)C)C(C)C)O2. The van der Waals surface area contributed by atoms with E-state index in [1.807, 2.05) is 6.07 Å². The van der Waals surface area contributed by atoms with Crippen LogP contribution in [0.3, 0.4) is 0 Å². The number of fused-ring (bicyclic) bond motifs is 1. The lowest BCUT2D eigenvalue weighted by molar-refractivity contribution is 0.124. The molecule has 2 rings (SSSR count). The first-order chi connectivity index (χ1) is 11.1. The fourth-order valence-electron chi connectivity index (χ4n) is 3.17. The Kier molecular flexibility index (Phi) is 5.87. The summed E-state index contributed by atoms with van der Waals surface area (Å²) in [5.41, 5.74) is 2.34. The molecule has 0 aromatic heterocycles. The van der Waals surface area contributed by atoms with E-state index in [9.17, 15) is 0 Å². The molecule has 0 saturated carbocycles. The van der Waals surface area contributed by atoms with Crippen LogP contribution in [0.25, 0.3) is 0 Å². The van der Waals surface area contributed by atoms with E-state index in [0.717, 1.165) is 23.6 Å². The Hall–Kier alpha value is -1.20. The molecular formula is C19H32BNO3. The van der Waals surface area contributed by atoms with Gasteiger partial charge in [0.15, 0.2) is 0 Å². The normalized spacial score (nSPS) is 14.4. The third kappa shape index (κ3) is 4.45. The fraction of sp³-hybridized carbons (Fsp3) is 0.684. The second-order valence-electron chi connectivity index (χ2n) is 8.21. The largest absolute Gasteiger partial charge is 0.788 e. The van der Waals surface area contributed by atoms with E-state index >= 15 is 0 Å². The molecule has 1 aliphatic rings. The summed E-state index contributed by atoms with van der Waals surface area (Å²) in [7, 11) is -0.649. The van der Waals surface area contributed by atoms with Gasteiger partial charge in [-0.15, -0.1) is 0 Å². The molecule has 0 spiro atoms. The summed E-state index contributed by atoms with van der Waals surface area (Å²) < 4.78 is 17.7. The number of nitrogens with zero attached hydrogens (tertiary/aromatic N) is 1. The van der Waals surface area contributed by atoms with Gasteiger partial charge in [-0.1, -0.05) is 26.8 Å². The monoisotopic (exact) mass is 333 g/mol. The summed E-state index contributed by atoms with van der Waals surface area (Å²) in [5.74, 6) is 1.61. The zero-order valence-electron chi connectivity index (χ0n) is 16.5. The van der Waals surface area contributed by atoms with Crippen molar-refractivity contribution in [1.82, 2.24) is 4.90 Å². The molecule has 4 nitrogen and oxygen atoms in total. The topological polar surface area (TPSA) is 30.9 Å². The quantitative estimate of drug-likeness (QED) is 0.731. The number of aryl methyl sites for hydroxylation is 1. The van der Waals surface area contributed by atoms with Crippen molar-refractivity contribution in [1.29, 1.82) is 0 Å². The van der Waals surface area contributed by atoms with E-state index in [0.29, 0.717) is 18.7 Å². The molecule has 0 fully saturated rings. The fourth-order valence-corrected chi connectivity index (χ4v) is 3.17. The van der Waals surface area contributed by atoms with Crippen molar-refractivity contribution in [2.75, 3.05) is 13.2 Å². The van der Waals surface area contributed by atoms with Gasteiger partial charge < -0.3 is 14.0 Å². The molecule has 0 radical (unpaired) electrons. The number of hydrogen-bond acceptors (Lipinski definition) is 4. The van der Waals surface area contributed by atoms with Crippen LogP contribution in [0, 0.1) is 6.92 Å². The Morgan fingerprint density at radius 1 is 1.08 bits per heavy atom. The molecular weight excluding hydrogens is 301 g/mol.